The lowest BCUT2D eigenvalue weighted by Crippen LogP contribution is -2.49. The number of nitrogens with one attached hydrogen (secondary N) is 1. The zero-order chi connectivity index (χ0) is 14.8. The number of piperazine rings is 1. The summed E-state index contributed by atoms with van der Waals surface area (Å²) < 4.78 is 0. The van der Waals surface area contributed by atoms with E-state index in [-0.39, 0.29) is 0 Å². The van der Waals surface area contributed by atoms with Crippen molar-refractivity contribution >= 4 is 0 Å². The van der Waals surface area contributed by atoms with Crippen molar-refractivity contribution in [2.45, 2.75) is 59.4 Å². The second-order valence-electron chi connectivity index (χ2n) is 6.79. The van der Waals surface area contributed by atoms with E-state index in [0.29, 0.717) is 0 Å². The largest absolute Gasteiger partial charge is 0.316 e. The fraction of sp³-hybridized carbons (Fsp3) is 1.00. The second-order valence-corrected chi connectivity index (χ2v) is 6.79. The summed E-state index contributed by atoms with van der Waals surface area (Å²) in [5, 5.41) is 3.53. The number of hydrogen-bond donors (Lipinski definition) is 1. The van der Waals surface area contributed by atoms with Crippen LogP contribution in [0.15, 0.2) is 0 Å². The van der Waals surface area contributed by atoms with Gasteiger partial charge in [-0.2, -0.15) is 0 Å². The summed E-state index contributed by atoms with van der Waals surface area (Å²) >= 11 is 0. The molecule has 20 heavy (non-hydrogen) atoms. The van der Waals surface area contributed by atoms with Gasteiger partial charge < -0.3 is 10.2 Å². The van der Waals surface area contributed by atoms with Crippen molar-refractivity contribution < 1.29 is 0 Å². The fourth-order valence-electron chi connectivity index (χ4n) is 2.84. The molecule has 1 saturated heterocycles. The molecule has 0 radical (unpaired) electrons. The molecule has 0 spiro atoms. The Bertz CT molecular complexity index is 222. The zero-order valence-corrected chi connectivity index (χ0v) is 14.3. The Morgan fingerprint density at radius 2 is 1.65 bits per heavy atom. The van der Waals surface area contributed by atoms with Crippen LogP contribution in [-0.4, -0.2) is 61.7 Å². The molecule has 3 heteroatoms. The number of rotatable bonds is 10. The summed E-state index contributed by atoms with van der Waals surface area (Å²) in [6.07, 6.45) is 5.35. The molecule has 0 aromatic rings. The highest BCUT2D eigenvalue weighted by molar-refractivity contribution is 4.75. The maximum absolute atomic E-state index is 3.53. The fourth-order valence-corrected chi connectivity index (χ4v) is 2.84. The Morgan fingerprint density at radius 1 is 0.950 bits per heavy atom. The van der Waals surface area contributed by atoms with Crippen LogP contribution in [-0.2, 0) is 0 Å². The van der Waals surface area contributed by atoms with Crippen LogP contribution < -0.4 is 5.32 Å². The third kappa shape index (κ3) is 7.61. The van der Waals surface area contributed by atoms with Crippen LogP contribution in [0.2, 0.25) is 0 Å². The Balaban J connectivity index is 1.94. The van der Waals surface area contributed by atoms with Crippen molar-refractivity contribution in [3.63, 3.8) is 0 Å². The van der Waals surface area contributed by atoms with Crippen molar-refractivity contribution in [3.05, 3.63) is 0 Å². The van der Waals surface area contributed by atoms with Crippen LogP contribution in [0.3, 0.4) is 0 Å². The van der Waals surface area contributed by atoms with E-state index in [1.54, 1.807) is 0 Å². The maximum atomic E-state index is 3.53. The van der Waals surface area contributed by atoms with Gasteiger partial charge in [0.1, 0.15) is 0 Å². The first kappa shape index (κ1) is 17.9. The molecule has 1 unspecified atom stereocenters. The van der Waals surface area contributed by atoms with E-state index < -0.39 is 0 Å². The van der Waals surface area contributed by atoms with Gasteiger partial charge >= 0.3 is 0 Å². The Hall–Kier alpha value is -0.120. The third-order valence-electron chi connectivity index (χ3n) is 4.50. The van der Waals surface area contributed by atoms with E-state index in [9.17, 15) is 0 Å². The summed E-state index contributed by atoms with van der Waals surface area (Å²) in [5.74, 6) is 0.775. The first-order valence-electron chi connectivity index (χ1n) is 8.80. The lowest BCUT2D eigenvalue weighted by atomic mass is 10.1. The quantitative estimate of drug-likeness (QED) is 0.622. The minimum absolute atomic E-state index is 0.768. The summed E-state index contributed by atoms with van der Waals surface area (Å²) in [7, 11) is 0. The first-order chi connectivity index (χ1) is 9.63. The molecule has 1 atom stereocenters. The molecular formula is C17H37N3. The van der Waals surface area contributed by atoms with Crippen LogP contribution in [0.1, 0.15) is 53.4 Å². The van der Waals surface area contributed by atoms with Gasteiger partial charge in [-0.1, -0.05) is 27.2 Å². The van der Waals surface area contributed by atoms with Crippen LogP contribution in [0, 0.1) is 5.92 Å². The molecule has 120 valence electrons. The molecule has 0 aromatic heterocycles. The van der Waals surface area contributed by atoms with E-state index in [1.807, 2.05) is 0 Å². The average molecular weight is 284 g/mol. The molecule has 3 nitrogen and oxygen atoms in total. The van der Waals surface area contributed by atoms with E-state index in [0.717, 1.165) is 18.5 Å². The molecule has 1 aliphatic heterocycles. The summed E-state index contributed by atoms with van der Waals surface area (Å²) in [6.45, 7) is 17.9. The van der Waals surface area contributed by atoms with Crippen LogP contribution in [0.4, 0.5) is 0 Å². The monoisotopic (exact) mass is 283 g/mol. The predicted octanol–water partition coefficient (Wildman–Crippen LogP) is 2.82. The molecular weight excluding hydrogens is 246 g/mol. The number of unbranched alkanes of at least 4 members (excludes halogenated alkanes) is 2. The highest BCUT2D eigenvalue weighted by Gasteiger charge is 2.19. The van der Waals surface area contributed by atoms with E-state index in [2.05, 4.69) is 42.8 Å². The Morgan fingerprint density at radius 3 is 2.25 bits per heavy atom. The van der Waals surface area contributed by atoms with Gasteiger partial charge in [-0.25, -0.2) is 0 Å². The summed E-state index contributed by atoms with van der Waals surface area (Å²) in [4.78, 5) is 5.30. The lowest BCUT2D eigenvalue weighted by Gasteiger charge is -2.37. The van der Waals surface area contributed by atoms with Gasteiger partial charge in [-0.05, 0) is 51.7 Å². The standard InChI is InChI=1S/C17H37N3/c1-5-17(4)20-13-11-19(12-14-20)10-8-6-7-9-18-15-16(2)3/h16-18H,5-15H2,1-4H3. The van der Waals surface area contributed by atoms with Crippen molar-refractivity contribution in [1.29, 1.82) is 0 Å². The van der Waals surface area contributed by atoms with Crippen molar-refractivity contribution in [1.82, 2.24) is 15.1 Å². The molecule has 0 saturated carbocycles. The van der Waals surface area contributed by atoms with E-state index in [4.69, 9.17) is 0 Å². The topological polar surface area (TPSA) is 18.5 Å². The molecule has 1 rings (SSSR count). The molecule has 1 aliphatic rings. The molecule has 0 aliphatic carbocycles. The van der Waals surface area contributed by atoms with Crippen molar-refractivity contribution in [3.8, 4) is 0 Å². The Labute approximate surface area is 127 Å². The normalized spacial score (nSPS) is 19.6. The van der Waals surface area contributed by atoms with Gasteiger partial charge in [0.15, 0.2) is 0 Å². The average Bonchev–Trinajstić information content (AvgIpc) is 2.45. The van der Waals surface area contributed by atoms with Gasteiger partial charge in [-0.3, -0.25) is 4.90 Å². The van der Waals surface area contributed by atoms with Crippen LogP contribution in [0.5, 0.6) is 0 Å². The zero-order valence-electron chi connectivity index (χ0n) is 14.3. The molecule has 0 amide bonds. The van der Waals surface area contributed by atoms with Crippen LogP contribution >= 0.6 is 0 Å². The van der Waals surface area contributed by atoms with Crippen LogP contribution in [0.25, 0.3) is 0 Å². The molecule has 1 N–H and O–H groups in total. The third-order valence-corrected chi connectivity index (χ3v) is 4.50. The highest BCUT2D eigenvalue weighted by atomic mass is 15.3. The van der Waals surface area contributed by atoms with Gasteiger partial charge in [0, 0.05) is 32.2 Å². The second kappa shape index (κ2) is 10.6. The molecule has 0 bridgehead atoms. The van der Waals surface area contributed by atoms with Gasteiger partial charge in [-0.15, -0.1) is 0 Å². The summed E-state index contributed by atoms with van der Waals surface area (Å²) in [5.41, 5.74) is 0. The minimum Gasteiger partial charge on any atom is -0.316 e. The van der Waals surface area contributed by atoms with Crippen molar-refractivity contribution in [2.24, 2.45) is 5.92 Å². The van der Waals surface area contributed by atoms with Crippen molar-refractivity contribution in [2.75, 3.05) is 45.8 Å². The molecule has 0 aromatic carbocycles. The van der Waals surface area contributed by atoms with E-state index in [1.165, 1.54) is 65.0 Å². The maximum Gasteiger partial charge on any atom is 0.0113 e. The van der Waals surface area contributed by atoms with Gasteiger partial charge in [0.25, 0.3) is 0 Å². The minimum atomic E-state index is 0.768. The summed E-state index contributed by atoms with van der Waals surface area (Å²) in [6, 6.07) is 0.768. The molecule has 1 fully saturated rings. The van der Waals surface area contributed by atoms with E-state index >= 15 is 0 Å². The molecule has 1 heterocycles. The predicted molar refractivity (Wildman–Crippen MR) is 89.3 cm³/mol. The number of nitrogens with zero attached hydrogens (tertiary/aromatic N) is 2. The van der Waals surface area contributed by atoms with Gasteiger partial charge in [0.05, 0.1) is 0 Å². The first-order valence-corrected chi connectivity index (χ1v) is 8.80. The smallest absolute Gasteiger partial charge is 0.0113 e. The van der Waals surface area contributed by atoms with Gasteiger partial charge in [0.2, 0.25) is 0 Å². The SMILES string of the molecule is CCC(C)N1CCN(CCCCCNCC(C)C)CC1. The number of hydrogen-bond acceptors (Lipinski definition) is 3. The highest BCUT2D eigenvalue weighted by Crippen LogP contribution is 2.09. The lowest BCUT2D eigenvalue weighted by molar-refractivity contribution is 0.0995. The Kier molecular flexibility index (Phi) is 9.49.